The van der Waals surface area contributed by atoms with E-state index in [0.29, 0.717) is 30.4 Å². The van der Waals surface area contributed by atoms with Gasteiger partial charge in [0.1, 0.15) is 24.7 Å². The molecule has 2 aromatic carbocycles. The maximum absolute atomic E-state index is 10.5. The maximum Gasteiger partial charge on any atom is 0.269 e. The first-order valence-electron chi connectivity index (χ1n) is 6.89. The lowest BCUT2D eigenvalue weighted by atomic mass is 10.1. The number of rotatable bonds is 7. The fraction of sp³-hybridized carbons (Fsp3) is 0.188. The molecule has 0 spiro atoms. The van der Waals surface area contributed by atoms with Crippen LogP contribution in [0.2, 0.25) is 0 Å². The summed E-state index contributed by atoms with van der Waals surface area (Å²) in [7, 11) is 0. The monoisotopic (exact) mass is 316 g/mol. The van der Waals surface area contributed by atoms with Gasteiger partial charge in [-0.3, -0.25) is 10.1 Å². The van der Waals surface area contributed by atoms with E-state index in [2.05, 4.69) is 5.16 Å². The van der Waals surface area contributed by atoms with E-state index in [-0.39, 0.29) is 5.69 Å². The third-order valence-electron chi connectivity index (χ3n) is 3.09. The molecule has 0 aromatic heterocycles. The fourth-order valence-electron chi connectivity index (χ4n) is 1.83. The molecule has 7 nitrogen and oxygen atoms in total. The van der Waals surface area contributed by atoms with E-state index in [1.54, 1.807) is 43.3 Å². The molecule has 0 aliphatic rings. The molecular weight excluding hydrogens is 300 g/mol. The molecule has 0 heterocycles. The number of ether oxygens (including phenoxy) is 2. The number of nitro benzene ring substituents is 1. The average Bonchev–Trinajstić information content (AvgIpc) is 2.59. The molecule has 1 N–H and O–H groups in total. The Kier molecular flexibility index (Phi) is 5.51. The number of hydrogen-bond donors (Lipinski definition) is 1. The predicted molar refractivity (Wildman–Crippen MR) is 84.5 cm³/mol. The Balaban J connectivity index is 1.78. The van der Waals surface area contributed by atoms with Crippen molar-refractivity contribution in [1.29, 1.82) is 0 Å². The van der Waals surface area contributed by atoms with Crippen molar-refractivity contribution in [2.75, 3.05) is 13.2 Å². The van der Waals surface area contributed by atoms with E-state index in [1.807, 2.05) is 0 Å². The Morgan fingerprint density at radius 3 is 1.96 bits per heavy atom. The Morgan fingerprint density at radius 1 is 1.04 bits per heavy atom. The summed E-state index contributed by atoms with van der Waals surface area (Å²) in [6, 6.07) is 13.0. The molecule has 23 heavy (non-hydrogen) atoms. The molecule has 0 aliphatic carbocycles. The van der Waals surface area contributed by atoms with E-state index in [1.165, 1.54) is 12.1 Å². The van der Waals surface area contributed by atoms with Gasteiger partial charge in [0.2, 0.25) is 0 Å². The quantitative estimate of drug-likeness (QED) is 0.278. The van der Waals surface area contributed by atoms with Crippen molar-refractivity contribution in [2.24, 2.45) is 5.16 Å². The summed E-state index contributed by atoms with van der Waals surface area (Å²) in [5.74, 6) is 1.22. The first-order valence-corrected chi connectivity index (χ1v) is 6.89. The molecule has 2 aromatic rings. The number of oxime groups is 1. The predicted octanol–water partition coefficient (Wildman–Crippen LogP) is 3.25. The Morgan fingerprint density at radius 2 is 1.52 bits per heavy atom. The van der Waals surface area contributed by atoms with Crippen molar-refractivity contribution in [3.8, 4) is 11.5 Å². The van der Waals surface area contributed by atoms with Crippen molar-refractivity contribution in [2.45, 2.75) is 6.92 Å². The third-order valence-corrected chi connectivity index (χ3v) is 3.09. The van der Waals surface area contributed by atoms with E-state index < -0.39 is 4.92 Å². The average molecular weight is 316 g/mol. The van der Waals surface area contributed by atoms with Gasteiger partial charge in [-0.1, -0.05) is 5.16 Å². The number of nitro groups is 1. The van der Waals surface area contributed by atoms with Crippen LogP contribution in [0.3, 0.4) is 0 Å². The number of benzene rings is 2. The van der Waals surface area contributed by atoms with Gasteiger partial charge in [-0.25, -0.2) is 0 Å². The summed E-state index contributed by atoms with van der Waals surface area (Å²) in [6.45, 7) is 2.36. The largest absolute Gasteiger partial charge is 0.490 e. The van der Waals surface area contributed by atoms with E-state index >= 15 is 0 Å². The summed E-state index contributed by atoms with van der Waals surface area (Å²) in [5.41, 5.74) is 1.36. The Labute approximate surface area is 132 Å². The summed E-state index contributed by atoms with van der Waals surface area (Å²) in [5, 5.41) is 22.4. The SMILES string of the molecule is C/C(=N/O)c1ccc(OCCOc2ccc([N+](=O)[O-])cc2)cc1. The second kappa shape index (κ2) is 7.79. The molecule has 0 radical (unpaired) electrons. The molecule has 0 saturated carbocycles. The standard InChI is InChI=1S/C16H16N2O5/c1-12(17-19)13-2-6-15(7-3-13)22-10-11-23-16-8-4-14(5-9-16)18(20)21/h2-9,19H,10-11H2,1H3/b17-12-. The molecule has 0 fully saturated rings. The topological polar surface area (TPSA) is 94.2 Å². The smallest absolute Gasteiger partial charge is 0.269 e. The second-order valence-corrected chi connectivity index (χ2v) is 4.66. The molecule has 0 bridgehead atoms. The lowest BCUT2D eigenvalue weighted by Gasteiger charge is -2.08. The Bertz CT molecular complexity index is 681. The van der Waals surface area contributed by atoms with Gasteiger partial charge in [-0.2, -0.15) is 0 Å². The van der Waals surface area contributed by atoms with Crippen LogP contribution in [-0.2, 0) is 0 Å². The van der Waals surface area contributed by atoms with Crippen molar-refractivity contribution in [1.82, 2.24) is 0 Å². The highest BCUT2D eigenvalue weighted by atomic mass is 16.6. The van der Waals surface area contributed by atoms with Crippen molar-refractivity contribution in [3.05, 3.63) is 64.2 Å². The lowest BCUT2D eigenvalue weighted by molar-refractivity contribution is -0.384. The highest BCUT2D eigenvalue weighted by molar-refractivity contribution is 5.98. The summed E-state index contributed by atoms with van der Waals surface area (Å²) in [6.07, 6.45) is 0. The van der Waals surface area contributed by atoms with Crippen molar-refractivity contribution >= 4 is 11.4 Å². The molecule has 0 atom stereocenters. The first kappa shape index (κ1) is 16.3. The van der Waals surface area contributed by atoms with Crippen LogP contribution in [0.15, 0.2) is 53.7 Å². The van der Waals surface area contributed by atoms with Gasteiger partial charge >= 0.3 is 0 Å². The van der Waals surface area contributed by atoms with E-state index in [0.717, 1.165) is 5.56 Å². The highest BCUT2D eigenvalue weighted by Gasteiger charge is 2.04. The summed E-state index contributed by atoms with van der Waals surface area (Å²) in [4.78, 5) is 10.1. The summed E-state index contributed by atoms with van der Waals surface area (Å²) >= 11 is 0. The minimum atomic E-state index is -0.459. The van der Waals surface area contributed by atoms with Gasteiger partial charge in [-0.15, -0.1) is 0 Å². The zero-order valence-corrected chi connectivity index (χ0v) is 12.5. The lowest BCUT2D eigenvalue weighted by Crippen LogP contribution is -2.09. The number of nitrogens with zero attached hydrogens (tertiary/aromatic N) is 2. The number of hydrogen-bond acceptors (Lipinski definition) is 6. The van der Waals surface area contributed by atoms with E-state index in [9.17, 15) is 10.1 Å². The molecule has 0 aliphatic heterocycles. The Hall–Kier alpha value is -3.09. The molecule has 7 heteroatoms. The molecule has 0 amide bonds. The van der Waals surface area contributed by atoms with Crippen LogP contribution in [0, 0.1) is 10.1 Å². The van der Waals surface area contributed by atoms with Crippen LogP contribution >= 0.6 is 0 Å². The van der Waals surface area contributed by atoms with Crippen LogP contribution in [-0.4, -0.2) is 29.1 Å². The molecule has 2 rings (SSSR count). The third kappa shape index (κ3) is 4.70. The zero-order valence-electron chi connectivity index (χ0n) is 12.5. The van der Waals surface area contributed by atoms with Gasteiger partial charge in [0.05, 0.1) is 10.6 Å². The van der Waals surface area contributed by atoms with E-state index in [4.69, 9.17) is 14.7 Å². The normalized spacial score (nSPS) is 11.1. The molecule has 0 unspecified atom stereocenters. The van der Waals surface area contributed by atoms with Crippen LogP contribution in [0.4, 0.5) is 5.69 Å². The minimum absolute atomic E-state index is 0.0235. The minimum Gasteiger partial charge on any atom is -0.490 e. The first-order chi connectivity index (χ1) is 11.1. The van der Waals surface area contributed by atoms with Crippen LogP contribution in [0.5, 0.6) is 11.5 Å². The molecular formula is C16H16N2O5. The fourth-order valence-corrected chi connectivity index (χ4v) is 1.83. The second-order valence-electron chi connectivity index (χ2n) is 4.66. The van der Waals surface area contributed by atoms with Gasteiger partial charge in [0, 0.05) is 12.1 Å². The van der Waals surface area contributed by atoms with Gasteiger partial charge in [0.15, 0.2) is 0 Å². The van der Waals surface area contributed by atoms with Gasteiger partial charge in [0.25, 0.3) is 5.69 Å². The van der Waals surface area contributed by atoms with Gasteiger partial charge < -0.3 is 14.7 Å². The molecule has 120 valence electrons. The molecule has 0 saturated heterocycles. The number of non-ortho nitro benzene ring substituents is 1. The summed E-state index contributed by atoms with van der Waals surface area (Å²) < 4.78 is 11.0. The van der Waals surface area contributed by atoms with Crippen molar-refractivity contribution in [3.63, 3.8) is 0 Å². The van der Waals surface area contributed by atoms with Crippen LogP contribution in [0.1, 0.15) is 12.5 Å². The van der Waals surface area contributed by atoms with Gasteiger partial charge in [-0.05, 0) is 48.9 Å². The van der Waals surface area contributed by atoms with Crippen molar-refractivity contribution < 1.29 is 19.6 Å². The zero-order chi connectivity index (χ0) is 16.7. The van der Waals surface area contributed by atoms with Crippen LogP contribution in [0.25, 0.3) is 0 Å². The van der Waals surface area contributed by atoms with Crippen LogP contribution < -0.4 is 9.47 Å². The highest BCUT2D eigenvalue weighted by Crippen LogP contribution is 2.17. The maximum atomic E-state index is 10.5.